The Morgan fingerprint density at radius 1 is 1.11 bits per heavy atom. The molecular weight excluding hydrogens is 365 g/mol. The van der Waals surface area contributed by atoms with Crippen LogP contribution in [-0.4, -0.2) is 33.5 Å². The molecule has 5 heteroatoms. The minimum Gasteiger partial charge on any atom is -0.636 e. The standard InChI is InChI=1S/C23H38N3OP/c1-7-12-21(20-14-9-8-13-19(20)6)24-28(27)25(17(2)3)22-15-10-11-16-23(22)26(28)18(4)5/h7-9,13-14,17-18,21-23H,1,10-12,15-16H2,2-6H3,(H,24,27)/t21-,22-,23-/m1/s1. The van der Waals surface area contributed by atoms with Crippen LogP contribution in [0.2, 0.25) is 0 Å². The fraction of sp³-hybridized carbons (Fsp3) is 0.652. The van der Waals surface area contributed by atoms with Crippen molar-refractivity contribution in [3.8, 4) is 0 Å². The second kappa shape index (κ2) is 8.93. The lowest BCUT2D eigenvalue weighted by atomic mass is 9.89. The number of nitrogens with one attached hydrogen (secondary N) is 1. The quantitative estimate of drug-likeness (QED) is 0.515. The van der Waals surface area contributed by atoms with Crippen molar-refractivity contribution < 1.29 is 4.89 Å². The molecule has 0 radical (unpaired) electrons. The molecule has 0 bridgehead atoms. The van der Waals surface area contributed by atoms with Gasteiger partial charge in [0, 0.05) is 12.1 Å². The summed E-state index contributed by atoms with van der Waals surface area (Å²) in [5, 5.41) is 3.71. The molecule has 156 valence electrons. The van der Waals surface area contributed by atoms with Crippen LogP contribution in [0.25, 0.3) is 0 Å². The van der Waals surface area contributed by atoms with Crippen LogP contribution >= 0.6 is 7.94 Å². The van der Waals surface area contributed by atoms with Crippen LogP contribution in [-0.2, 0) is 0 Å². The Morgan fingerprint density at radius 2 is 1.64 bits per heavy atom. The van der Waals surface area contributed by atoms with Crippen molar-refractivity contribution in [1.82, 2.24) is 14.4 Å². The lowest BCUT2D eigenvalue weighted by Gasteiger charge is -2.45. The maximum Gasteiger partial charge on any atom is 0.184 e. The highest BCUT2D eigenvalue weighted by Crippen LogP contribution is 2.66. The van der Waals surface area contributed by atoms with Crippen LogP contribution in [0.5, 0.6) is 0 Å². The maximum absolute atomic E-state index is 14.8. The van der Waals surface area contributed by atoms with Gasteiger partial charge in [0.1, 0.15) is 0 Å². The molecule has 2 fully saturated rings. The highest BCUT2D eigenvalue weighted by molar-refractivity contribution is 7.62. The monoisotopic (exact) mass is 403 g/mol. The van der Waals surface area contributed by atoms with Crippen molar-refractivity contribution in [2.24, 2.45) is 0 Å². The number of nitrogens with zero attached hydrogens (tertiary/aromatic N) is 2. The number of rotatable bonds is 7. The summed E-state index contributed by atoms with van der Waals surface area (Å²) in [5.41, 5.74) is 2.46. The zero-order chi connectivity index (χ0) is 20.5. The van der Waals surface area contributed by atoms with Gasteiger partial charge in [-0.1, -0.05) is 43.2 Å². The zero-order valence-electron chi connectivity index (χ0n) is 18.3. The van der Waals surface area contributed by atoms with E-state index in [0.717, 1.165) is 19.3 Å². The molecule has 1 saturated carbocycles. The Labute approximate surface area is 172 Å². The maximum atomic E-state index is 14.8. The normalized spacial score (nSPS) is 26.6. The van der Waals surface area contributed by atoms with Crippen molar-refractivity contribution in [3.05, 3.63) is 48.0 Å². The number of fused-ring (bicyclic) bond motifs is 1. The zero-order valence-corrected chi connectivity index (χ0v) is 19.2. The largest absolute Gasteiger partial charge is 0.636 e. The number of hydrogen-bond donors (Lipinski definition) is 1. The molecule has 3 rings (SSSR count). The molecule has 1 aliphatic heterocycles. The Bertz CT molecular complexity index is 654. The minimum absolute atomic E-state index is 0.00665. The highest BCUT2D eigenvalue weighted by atomic mass is 31.2. The Kier molecular flexibility index (Phi) is 7.00. The van der Waals surface area contributed by atoms with Crippen LogP contribution in [0.3, 0.4) is 0 Å². The smallest absolute Gasteiger partial charge is 0.184 e. The van der Waals surface area contributed by atoms with Crippen LogP contribution in [0, 0.1) is 6.92 Å². The number of aryl methyl sites for hydroxylation is 1. The summed E-state index contributed by atoms with van der Waals surface area (Å²) >= 11 is 0. The van der Waals surface area contributed by atoms with Crippen LogP contribution in [0.4, 0.5) is 0 Å². The molecule has 1 aromatic carbocycles. The topological polar surface area (TPSA) is 41.6 Å². The lowest BCUT2D eigenvalue weighted by molar-refractivity contribution is -0.198. The van der Waals surface area contributed by atoms with E-state index < -0.39 is 7.94 Å². The van der Waals surface area contributed by atoms with E-state index in [4.69, 9.17) is 0 Å². The van der Waals surface area contributed by atoms with Gasteiger partial charge in [-0.3, -0.25) is 0 Å². The Morgan fingerprint density at radius 3 is 2.11 bits per heavy atom. The second-order valence-electron chi connectivity index (χ2n) is 8.97. The number of hydrogen-bond acceptors (Lipinski definition) is 4. The van der Waals surface area contributed by atoms with Gasteiger partial charge in [-0.05, 0) is 65.0 Å². The SMILES string of the molecule is C=CC[C@@H](N[P+]1([O-])N(C(C)C)[C@@H]2CCCC[C@H]2N1C(C)C)c1ccccc1C. The summed E-state index contributed by atoms with van der Waals surface area (Å²) in [5.74, 6) is 0. The van der Waals surface area contributed by atoms with Crippen LogP contribution in [0.1, 0.15) is 77.0 Å². The Balaban J connectivity index is 2.03. The molecule has 2 aliphatic rings. The molecule has 1 aromatic rings. The van der Waals surface area contributed by atoms with Crippen LogP contribution in [0.15, 0.2) is 36.9 Å². The van der Waals surface area contributed by atoms with Crippen molar-refractivity contribution in [2.75, 3.05) is 0 Å². The van der Waals surface area contributed by atoms with Gasteiger partial charge in [0.05, 0.1) is 18.1 Å². The third kappa shape index (κ3) is 3.95. The average Bonchev–Trinajstić information content (AvgIpc) is 2.89. The lowest BCUT2D eigenvalue weighted by Crippen LogP contribution is -2.48. The highest BCUT2D eigenvalue weighted by Gasteiger charge is 2.61. The van der Waals surface area contributed by atoms with E-state index >= 15 is 0 Å². The van der Waals surface area contributed by atoms with Crippen molar-refractivity contribution >= 4 is 7.94 Å². The molecule has 28 heavy (non-hydrogen) atoms. The predicted molar refractivity (Wildman–Crippen MR) is 119 cm³/mol. The van der Waals surface area contributed by atoms with E-state index in [2.05, 4.69) is 79.9 Å². The van der Waals surface area contributed by atoms with E-state index in [9.17, 15) is 4.89 Å². The fourth-order valence-electron chi connectivity index (χ4n) is 5.35. The van der Waals surface area contributed by atoms with E-state index in [1.807, 2.05) is 6.08 Å². The molecule has 1 aliphatic carbocycles. The third-order valence-electron chi connectivity index (χ3n) is 6.35. The molecule has 1 saturated heterocycles. The van der Waals surface area contributed by atoms with Crippen LogP contribution < -0.4 is 9.98 Å². The molecule has 1 N–H and O–H groups in total. The van der Waals surface area contributed by atoms with E-state index in [0.29, 0.717) is 12.1 Å². The molecule has 0 unspecified atom stereocenters. The van der Waals surface area contributed by atoms with Gasteiger partial charge in [-0.15, -0.1) is 15.9 Å². The van der Waals surface area contributed by atoms with Crippen molar-refractivity contribution in [2.45, 2.75) is 96.9 Å². The van der Waals surface area contributed by atoms with Gasteiger partial charge >= 0.3 is 0 Å². The molecule has 0 spiro atoms. The van der Waals surface area contributed by atoms with E-state index in [-0.39, 0.29) is 18.1 Å². The molecule has 3 atom stereocenters. The van der Waals surface area contributed by atoms with E-state index in [1.54, 1.807) is 0 Å². The van der Waals surface area contributed by atoms with Crippen molar-refractivity contribution in [1.29, 1.82) is 0 Å². The molecule has 4 nitrogen and oxygen atoms in total. The number of benzene rings is 1. The predicted octanol–water partition coefficient (Wildman–Crippen LogP) is 4.99. The first-order valence-electron chi connectivity index (χ1n) is 10.9. The molecule has 1 heterocycles. The first-order valence-corrected chi connectivity index (χ1v) is 12.5. The summed E-state index contributed by atoms with van der Waals surface area (Å²) < 4.78 is 4.68. The Hall–Kier alpha value is -0.770. The summed E-state index contributed by atoms with van der Waals surface area (Å²) in [4.78, 5) is 14.8. The van der Waals surface area contributed by atoms with Gasteiger partial charge in [0.25, 0.3) is 0 Å². The first-order chi connectivity index (χ1) is 13.3. The van der Waals surface area contributed by atoms with Crippen molar-refractivity contribution in [3.63, 3.8) is 0 Å². The summed E-state index contributed by atoms with van der Waals surface area (Å²) in [6, 6.07) is 9.70. The van der Waals surface area contributed by atoms with Gasteiger partial charge in [0.2, 0.25) is 0 Å². The summed E-state index contributed by atoms with van der Waals surface area (Å²) in [7, 11) is -2.91. The van der Waals surface area contributed by atoms with Gasteiger partial charge < -0.3 is 4.89 Å². The third-order valence-corrected chi connectivity index (χ3v) is 9.77. The first kappa shape index (κ1) is 21.9. The molecule has 0 amide bonds. The average molecular weight is 404 g/mol. The van der Waals surface area contributed by atoms with E-state index in [1.165, 1.54) is 24.0 Å². The van der Waals surface area contributed by atoms with Gasteiger partial charge in [0.15, 0.2) is 7.94 Å². The molecular formula is C23H38N3OP. The van der Waals surface area contributed by atoms with Gasteiger partial charge in [-0.25, -0.2) is 0 Å². The second-order valence-corrected chi connectivity index (χ2v) is 11.2. The molecule has 0 aromatic heterocycles. The minimum atomic E-state index is -2.91. The summed E-state index contributed by atoms with van der Waals surface area (Å²) in [6.45, 7) is 14.9. The fourth-order valence-corrected chi connectivity index (χ4v) is 9.10. The summed E-state index contributed by atoms with van der Waals surface area (Å²) in [6.07, 6.45) is 7.48. The van der Waals surface area contributed by atoms with Gasteiger partial charge in [-0.2, -0.15) is 5.09 Å².